The third kappa shape index (κ3) is 4.50. The number of rotatable bonds is 2. The zero-order valence-electron chi connectivity index (χ0n) is 15.9. The van der Waals surface area contributed by atoms with Gasteiger partial charge in [0.15, 0.2) is 5.69 Å². The molecule has 0 bridgehead atoms. The fourth-order valence-electron chi connectivity index (χ4n) is 2.87. The summed E-state index contributed by atoms with van der Waals surface area (Å²) in [7, 11) is 0. The number of aromatic amines is 1. The molecule has 0 saturated heterocycles. The Bertz CT molecular complexity index is 886. The van der Waals surface area contributed by atoms with Crippen molar-refractivity contribution < 1.29 is 14.3 Å². The highest BCUT2D eigenvalue weighted by Crippen LogP contribution is 2.26. The molecule has 1 aliphatic rings. The molecule has 0 saturated carbocycles. The molecule has 27 heavy (non-hydrogen) atoms. The number of amides is 2. The van der Waals surface area contributed by atoms with Gasteiger partial charge in [-0.25, -0.2) is 4.79 Å². The minimum absolute atomic E-state index is 0.290. The number of hydrogen-bond donors (Lipinski definition) is 2. The number of fused-ring (bicyclic) bond motifs is 1. The van der Waals surface area contributed by atoms with Gasteiger partial charge in [-0.3, -0.25) is 9.89 Å². The van der Waals surface area contributed by atoms with Crippen LogP contribution < -0.4 is 5.32 Å². The Morgan fingerprint density at radius 2 is 2.07 bits per heavy atom. The molecule has 1 aromatic carbocycles. The normalized spacial score (nSPS) is 13.9. The molecule has 0 unspecified atom stereocenters. The van der Waals surface area contributed by atoms with E-state index in [9.17, 15) is 9.59 Å². The van der Waals surface area contributed by atoms with E-state index >= 15 is 0 Å². The van der Waals surface area contributed by atoms with E-state index in [0.717, 1.165) is 21.3 Å². The summed E-state index contributed by atoms with van der Waals surface area (Å²) in [5, 5.41) is 9.97. The van der Waals surface area contributed by atoms with Crippen molar-refractivity contribution in [2.45, 2.75) is 46.3 Å². The van der Waals surface area contributed by atoms with Crippen LogP contribution in [0.15, 0.2) is 22.7 Å². The van der Waals surface area contributed by atoms with Crippen molar-refractivity contribution in [1.82, 2.24) is 15.1 Å². The van der Waals surface area contributed by atoms with Crippen LogP contribution in [-0.2, 0) is 17.7 Å². The number of carbonyl (C=O) groups excluding carboxylic acids is 2. The lowest BCUT2D eigenvalue weighted by atomic mass is 10.1. The molecule has 0 aliphatic carbocycles. The number of nitrogens with zero attached hydrogens (tertiary/aromatic N) is 2. The molecule has 2 heterocycles. The van der Waals surface area contributed by atoms with Crippen LogP contribution in [0.4, 0.5) is 10.5 Å². The predicted molar refractivity (Wildman–Crippen MR) is 106 cm³/mol. The van der Waals surface area contributed by atoms with Gasteiger partial charge in [0.1, 0.15) is 5.60 Å². The molecule has 0 spiro atoms. The number of H-pyrrole nitrogens is 1. The Morgan fingerprint density at radius 3 is 2.74 bits per heavy atom. The standard InChI is InChI=1S/C19H23BrN4O3/c1-11-5-6-15(13(20)9-11)21-17(25)16-12-10-24(8-7-14(12)22-23-16)18(26)27-19(2,3)4/h5-6,9H,7-8,10H2,1-4H3,(H,21,25)(H,22,23). The van der Waals surface area contributed by atoms with Crippen LogP contribution in [0.25, 0.3) is 0 Å². The smallest absolute Gasteiger partial charge is 0.410 e. The van der Waals surface area contributed by atoms with Gasteiger partial charge in [0.05, 0.1) is 12.2 Å². The highest BCUT2D eigenvalue weighted by Gasteiger charge is 2.30. The van der Waals surface area contributed by atoms with Gasteiger partial charge in [0.25, 0.3) is 5.91 Å². The zero-order valence-corrected chi connectivity index (χ0v) is 17.4. The number of aromatic nitrogens is 2. The summed E-state index contributed by atoms with van der Waals surface area (Å²) in [4.78, 5) is 26.7. The van der Waals surface area contributed by atoms with Crippen LogP contribution >= 0.6 is 15.9 Å². The van der Waals surface area contributed by atoms with E-state index < -0.39 is 5.60 Å². The first kappa shape index (κ1) is 19.4. The lowest BCUT2D eigenvalue weighted by molar-refractivity contribution is 0.0222. The third-order valence-corrected chi connectivity index (χ3v) is 4.83. The molecule has 1 aliphatic heterocycles. The summed E-state index contributed by atoms with van der Waals surface area (Å²) in [6.45, 7) is 8.28. The molecule has 0 atom stereocenters. The van der Waals surface area contributed by atoms with Gasteiger partial charge in [0.2, 0.25) is 0 Å². The Hall–Kier alpha value is -2.35. The van der Waals surface area contributed by atoms with Gasteiger partial charge in [-0.2, -0.15) is 5.10 Å². The van der Waals surface area contributed by atoms with E-state index in [4.69, 9.17) is 4.74 Å². The maximum atomic E-state index is 12.7. The quantitative estimate of drug-likeness (QED) is 0.746. The van der Waals surface area contributed by atoms with Crippen molar-refractivity contribution in [3.05, 3.63) is 45.2 Å². The lowest BCUT2D eigenvalue weighted by Crippen LogP contribution is -2.40. The van der Waals surface area contributed by atoms with Crippen molar-refractivity contribution in [2.75, 3.05) is 11.9 Å². The molecule has 2 amide bonds. The first-order valence-corrected chi connectivity index (χ1v) is 9.55. The Kier molecular flexibility index (Phi) is 5.28. The summed E-state index contributed by atoms with van der Waals surface area (Å²) in [6, 6.07) is 5.69. The summed E-state index contributed by atoms with van der Waals surface area (Å²) >= 11 is 3.46. The fraction of sp³-hybridized carbons (Fsp3) is 0.421. The van der Waals surface area contributed by atoms with E-state index in [1.165, 1.54) is 0 Å². The molecule has 0 fully saturated rings. The van der Waals surface area contributed by atoms with Crippen LogP contribution in [0.5, 0.6) is 0 Å². The highest BCUT2D eigenvalue weighted by molar-refractivity contribution is 9.10. The van der Waals surface area contributed by atoms with Gasteiger partial charge in [-0.1, -0.05) is 6.07 Å². The summed E-state index contributed by atoms with van der Waals surface area (Å²) in [6.07, 6.45) is 0.213. The Morgan fingerprint density at radius 1 is 1.33 bits per heavy atom. The molecule has 7 nitrogen and oxygen atoms in total. The molecular formula is C19H23BrN4O3. The molecular weight excluding hydrogens is 412 g/mol. The van der Waals surface area contributed by atoms with Crippen molar-refractivity contribution >= 4 is 33.6 Å². The molecule has 2 N–H and O–H groups in total. The summed E-state index contributed by atoms with van der Waals surface area (Å²) < 4.78 is 6.24. The first-order valence-electron chi connectivity index (χ1n) is 8.75. The monoisotopic (exact) mass is 434 g/mol. The molecule has 2 aromatic rings. The van der Waals surface area contributed by atoms with E-state index in [1.807, 2.05) is 45.9 Å². The summed E-state index contributed by atoms with van der Waals surface area (Å²) in [5.74, 6) is -0.317. The van der Waals surface area contributed by atoms with Crippen LogP contribution in [0.3, 0.4) is 0 Å². The van der Waals surface area contributed by atoms with Gasteiger partial charge in [-0.05, 0) is 61.3 Å². The maximum Gasteiger partial charge on any atom is 0.410 e. The van der Waals surface area contributed by atoms with Gasteiger partial charge >= 0.3 is 6.09 Å². The predicted octanol–water partition coefficient (Wildman–Crippen LogP) is 4.03. The average molecular weight is 435 g/mol. The molecule has 144 valence electrons. The van der Waals surface area contributed by atoms with E-state index in [2.05, 4.69) is 31.4 Å². The van der Waals surface area contributed by atoms with Gasteiger partial charge in [-0.15, -0.1) is 0 Å². The van der Waals surface area contributed by atoms with Crippen LogP contribution in [-0.4, -0.2) is 39.2 Å². The number of aryl methyl sites for hydroxylation is 1. The number of halogens is 1. The van der Waals surface area contributed by atoms with Gasteiger partial charge < -0.3 is 15.0 Å². The van der Waals surface area contributed by atoms with Crippen LogP contribution in [0.1, 0.15) is 48.1 Å². The van der Waals surface area contributed by atoms with Gasteiger partial charge in [0, 0.05) is 28.7 Å². The fourth-order valence-corrected chi connectivity index (χ4v) is 3.46. The SMILES string of the molecule is Cc1ccc(NC(=O)c2n[nH]c3c2CN(C(=O)OC(C)(C)C)CC3)c(Br)c1. The van der Waals surface area contributed by atoms with Crippen molar-refractivity contribution in [2.24, 2.45) is 0 Å². The van der Waals surface area contributed by atoms with E-state index in [-0.39, 0.29) is 12.0 Å². The molecule has 1 aromatic heterocycles. The lowest BCUT2D eigenvalue weighted by Gasteiger charge is -2.30. The second-order valence-corrected chi connectivity index (χ2v) is 8.47. The van der Waals surface area contributed by atoms with Crippen LogP contribution in [0, 0.1) is 6.92 Å². The largest absolute Gasteiger partial charge is 0.444 e. The Balaban J connectivity index is 1.77. The maximum absolute atomic E-state index is 12.7. The second-order valence-electron chi connectivity index (χ2n) is 7.62. The zero-order chi connectivity index (χ0) is 19.8. The third-order valence-electron chi connectivity index (χ3n) is 4.17. The van der Waals surface area contributed by atoms with E-state index in [1.54, 1.807) is 4.90 Å². The number of benzene rings is 1. The van der Waals surface area contributed by atoms with Crippen molar-refractivity contribution in [1.29, 1.82) is 0 Å². The average Bonchev–Trinajstić information content (AvgIpc) is 2.99. The van der Waals surface area contributed by atoms with Crippen molar-refractivity contribution in [3.8, 4) is 0 Å². The number of anilines is 1. The summed E-state index contributed by atoms with van der Waals surface area (Å²) in [5.41, 5.74) is 3.10. The topological polar surface area (TPSA) is 87.3 Å². The number of carbonyl (C=O) groups is 2. The highest BCUT2D eigenvalue weighted by atomic mass is 79.9. The minimum atomic E-state index is -0.564. The number of ether oxygens (including phenoxy) is 1. The number of nitrogens with one attached hydrogen (secondary N) is 2. The number of hydrogen-bond acceptors (Lipinski definition) is 4. The van der Waals surface area contributed by atoms with Crippen molar-refractivity contribution in [3.63, 3.8) is 0 Å². The molecule has 8 heteroatoms. The second kappa shape index (κ2) is 7.34. The van der Waals surface area contributed by atoms with E-state index in [0.29, 0.717) is 30.9 Å². The first-order chi connectivity index (χ1) is 12.6. The minimum Gasteiger partial charge on any atom is -0.444 e. The van der Waals surface area contributed by atoms with Crippen LogP contribution in [0.2, 0.25) is 0 Å². The molecule has 0 radical (unpaired) electrons. The molecule has 3 rings (SSSR count). The Labute approximate surface area is 166 Å².